The highest BCUT2D eigenvalue weighted by atomic mass is 19.4. The number of fused-ring (bicyclic) bond motifs is 1. The third kappa shape index (κ3) is 5.95. The van der Waals surface area contributed by atoms with Crippen LogP contribution in [0.15, 0.2) is 24.5 Å². The summed E-state index contributed by atoms with van der Waals surface area (Å²) in [7, 11) is 0. The Morgan fingerprint density at radius 1 is 1.02 bits per heavy atom. The maximum atomic E-state index is 14.6. The lowest BCUT2D eigenvalue weighted by molar-refractivity contribution is -0.140. The molecule has 2 atom stereocenters. The first-order chi connectivity index (χ1) is 19.0. The van der Waals surface area contributed by atoms with E-state index in [9.17, 15) is 22.4 Å². The Kier molecular flexibility index (Phi) is 8.33. The molecule has 0 N–H and O–H groups in total. The maximum Gasteiger partial charge on any atom is 0.419 e. The van der Waals surface area contributed by atoms with E-state index in [0.717, 1.165) is 62.7 Å². The number of nitrogens with zero attached hydrogens (tertiary/aromatic N) is 6. The molecule has 11 heteroatoms. The largest absolute Gasteiger partial charge is 0.419 e. The zero-order valence-corrected chi connectivity index (χ0v) is 23.4. The molecule has 0 radical (unpaired) electrons. The molecule has 40 heavy (non-hydrogen) atoms. The van der Waals surface area contributed by atoms with Crippen LogP contribution in [0.1, 0.15) is 61.4 Å². The predicted octanol–water partition coefficient (Wildman–Crippen LogP) is 4.14. The zero-order chi connectivity index (χ0) is 28.6. The van der Waals surface area contributed by atoms with Gasteiger partial charge in [0.2, 0.25) is 5.91 Å². The van der Waals surface area contributed by atoms with Gasteiger partial charge >= 0.3 is 6.18 Å². The zero-order valence-electron chi connectivity index (χ0n) is 23.4. The second-order valence-corrected chi connectivity index (χ2v) is 11.5. The second kappa shape index (κ2) is 11.6. The third-order valence-electron chi connectivity index (χ3n) is 8.72. The number of carbonyl (C=O) groups is 1. The molecular formula is C29H38F4N6O. The summed E-state index contributed by atoms with van der Waals surface area (Å²) in [6, 6.07) is 3.34. The minimum Gasteiger partial charge on any atom is -0.353 e. The van der Waals surface area contributed by atoms with Gasteiger partial charge in [0, 0.05) is 76.2 Å². The van der Waals surface area contributed by atoms with Crippen molar-refractivity contribution in [1.29, 1.82) is 0 Å². The lowest BCUT2D eigenvalue weighted by Gasteiger charge is -2.40. The number of amides is 1. The Morgan fingerprint density at radius 3 is 2.35 bits per heavy atom. The normalized spacial score (nSPS) is 21.6. The van der Waals surface area contributed by atoms with Crippen molar-refractivity contribution in [3.8, 4) is 0 Å². The Labute approximate surface area is 233 Å². The molecule has 2 fully saturated rings. The van der Waals surface area contributed by atoms with E-state index in [1.807, 2.05) is 0 Å². The van der Waals surface area contributed by atoms with Gasteiger partial charge in [0.1, 0.15) is 18.0 Å². The van der Waals surface area contributed by atoms with Crippen molar-refractivity contribution >= 4 is 11.7 Å². The number of alkyl halides is 3. The van der Waals surface area contributed by atoms with E-state index in [2.05, 4.69) is 45.4 Å². The van der Waals surface area contributed by atoms with Gasteiger partial charge in [0.25, 0.3) is 0 Å². The molecule has 0 bridgehead atoms. The van der Waals surface area contributed by atoms with E-state index in [1.54, 1.807) is 11.2 Å². The molecule has 5 rings (SSSR count). The van der Waals surface area contributed by atoms with Crippen molar-refractivity contribution in [3.63, 3.8) is 0 Å². The molecule has 1 aromatic heterocycles. The Hall–Kier alpha value is -2.79. The van der Waals surface area contributed by atoms with E-state index >= 15 is 0 Å². The summed E-state index contributed by atoms with van der Waals surface area (Å²) in [5, 5.41) is 0. The smallest absolute Gasteiger partial charge is 0.353 e. The van der Waals surface area contributed by atoms with Gasteiger partial charge in [-0.15, -0.1) is 0 Å². The molecule has 218 valence electrons. The Balaban J connectivity index is 1.33. The summed E-state index contributed by atoms with van der Waals surface area (Å²) < 4.78 is 54.4. The van der Waals surface area contributed by atoms with Crippen LogP contribution >= 0.6 is 0 Å². The van der Waals surface area contributed by atoms with Gasteiger partial charge in [-0.1, -0.05) is 13.0 Å². The molecule has 1 aliphatic carbocycles. The van der Waals surface area contributed by atoms with Crippen LogP contribution in [0.5, 0.6) is 0 Å². The first kappa shape index (κ1) is 28.7. The van der Waals surface area contributed by atoms with Gasteiger partial charge in [0.05, 0.1) is 11.5 Å². The number of aryl methyl sites for hydroxylation is 1. The van der Waals surface area contributed by atoms with Crippen molar-refractivity contribution in [2.45, 2.75) is 57.7 Å². The summed E-state index contributed by atoms with van der Waals surface area (Å²) in [5.74, 6) is -0.944. The van der Waals surface area contributed by atoms with Crippen LogP contribution in [-0.4, -0.2) is 95.5 Å². The molecule has 2 aromatic rings. The number of carbonyl (C=O) groups excluding carboxylic acids is 1. The quantitative estimate of drug-likeness (QED) is 0.494. The van der Waals surface area contributed by atoms with Crippen LogP contribution < -0.4 is 4.90 Å². The van der Waals surface area contributed by atoms with E-state index < -0.39 is 23.5 Å². The summed E-state index contributed by atoms with van der Waals surface area (Å²) >= 11 is 0. The van der Waals surface area contributed by atoms with E-state index in [-0.39, 0.29) is 11.5 Å². The number of benzene rings is 1. The molecule has 1 aromatic carbocycles. The molecule has 2 saturated heterocycles. The fourth-order valence-electron chi connectivity index (χ4n) is 6.26. The van der Waals surface area contributed by atoms with E-state index in [0.29, 0.717) is 44.7 Å². The minimum atomic E-state index is -4.79. The van der Waals surface area contributed by atoms with Gasteiger partial charge < -0.3 is 9.80 Å². The number of rotatable bonds is 6. The van der Waals surface area contributed by atoms with Crippen LogP contribution in [0.3, 0.4) is 0 Å². The van der Waals surface area contributed by atoms with Crippen molar-refractivity contribution < 1.29 is 22.4 Å². The van der Waals surface area contributed by atoms with Crippen molar-refractivity contribution in [3.05, 3.63) is 52.7 Å². The average molecular weight is 563 g/mol. The van der Waals surface area contributed by atoms with Crippen molar-refractivity contribution in [1.82, 2.24) is 24.7 Å². The molecule has 0 unspecified atom stereocenters. The number of hydrogen-bond acceptors (Lipinski definition) is 6. The maximum absolute atomic E-state index is 14.6. The number of piperazine rings is 2. The summed E-state index contributed by atoms with van der Waals surface area (Å²) in [4.78, 5) is 31.4. The molecule has 3 heterocycles. The van der Waals surface area contributed by atoms with Crippen LogP contribution in [-0.2, 0) is 17.4 Å². The fraction of sp³-hybridized carbons (Fsp3) is 0.621. The first-order valence-corrected chi connectivity index (χ1v) is 14.2. The molecule has 3 aliphatic rings. The van der Waals surface area contributed by atoms with Crippen LogP contribution in [0.25, 0.3) is 0 Å². The van der Waals surface area contributed by atoms with Gasteiger partial charge in [-0.3, -0.25) is 14.6 Å². The molecule has 0 spiro atoms. The highest BCUT2D eigenvalue weighted by molar-refractivity contribution is 5.84. The lowest BCUT2D eigenvalue weighted by Crippen LogP contribution is -2.53. The highest BCUT2D eigenvalue weighted by Gasteiger charge is 2.37. The number of hydrogen-bond donors (Lipinski definition) is 0. The summed E-state index contributed by atoms with van der Waals surface area (Å²) in [6.45, 7) is 12.1. The SMILES string of the molecule is CC(C)N1CCN(C[C@H](C(=O)N2CCN(c3ncnc4c3[C@H](C)CC4)CC2)c2ccc(C(F)(F)F)c(F)c2)CC1. The van der Waals surface area contributed by atoms with Crippen molar-refractivity contribution in [2.24, 2.45) is 0 Å². The molecule has 7 nitrogen and oxygen atoms in total. The van der Waals surface area contributed by atoms with E-state index in [1.165, 1.54) is 11.6 Å². The van der Waals surface area contributed by atoms with Gasteiger partial charge in [-0.05, 0) is 50.3 Å². The fourth-order valence-corrected chi connectivity index (χ4v) is 6.26. The van der Waals surface area contributed by atoms with Crippen LogP contribution in [0, 0.1) is 5.82 Å². The average Bonchev–Trinajstić information content (AvgIpc) is 3.32. The standard InChI is InChI=1S/C29H38F4N6O/c1-19(2)37-10-8-36(9-11-37)17-22(21-5-6-23(24(30)16-21)29(31,32)33)28(40)39-14-12-38(13-15-39)27-26-20(3)4-7-25(26)34-18-35-27/h5-6,16,18-20,22H,4,7-15,17H2,1-3H3/t20-,22+/m1/s1. The Morgan fingerprint density at radius 2 is 1.73 bits per heavy atom. The third-order valence-corrected chi connectivity index (χ3v) is 8.72. The van der Waals surface area contributed by atoms with Gasteiger partial charge in [0.15, 0.2) is 0 Å². The summed E-state index contributed by atoms with van der Waals surface area (Å²) in [6.07, 6.45) is -1.18. The van der Waals surface area contributed by atoms with Crippen LogP contribution in [0.4, 0.5) is 23.4 Å². The highest BCUT2D eigenvalue weighted by Crippen LogP contribution is 2.37. The van der Waals surface area contributed by atoms with E-state index in [4.69, 9.17) is 0 Å². The lowest BCUT2D eigenvalue weighted by atomic mass is 9.94. The predicted molar refractivity (Wildman–Crippen MR) is 145 cm³/mol. The number of halogens is 4. The molecule has 0 saturated carbocycles. The van der Waals surface area contributed by atoms with Crippen LogP contribution in [0.2, 0.25) is 0 Å². The Bertz CT molecular complexity index is 1210. The molecular weight excluding hydrogens is 524 g/mol. The van der Waals surface area contributed by atoms with Gasteiger partial charge in [-0.2, -0.15) is 13.2 Å². The monoisotopic (exact) mass is 562 g/mol. The first-order valence-electron chi connectivity index (χ1n) is 14.2. The molecule has 2 aliphatic heterocycles. The second-order valence-electron chi connectivity index (χ2n) is 11.5. The number of anilines is 1. The molecule has 1 amide bonds. The van der Waals surface area contributed by atoms with Gasteiger partial charge in [-0.25, -0.2) is 14.4 Å². The minimum absolute atomic E-state index is 0.175. The number of aromatic nitrogens is 2. The topological polar surface area (TPSA) is 55.8 Å². The summed E-state index contributed by atoms with van der Waals surface area (Å²) in [5.41, 5.74) is 1.26. The van der Waals surface area contributed by atoms with Crippen molar-refractivity contribution in [2.75, 3.05) is 63.8 Å².